The van der Waals surface area contributed by atoms with Crippen LogP contribution in [0.2, 0.25) is 0 Å². The molecule has 2 aromatic rings. The standard InChI is InChI=1S/C22H26N2O4/c1-4-27-21-11-17-10-14(2)28-20(17)12-19(21)24-22(26)13-18(23-15(3)25)16-8-6-5-7-9-16/h5-9,11-12,14,18H,4,10,13H2,1-3H3,(H,23,25)(H,24,26). The van der Waals surface area contributed by atoms with Gasteiger partial charge in [-0.15, -0.1) is 0 Å². The van der Waals surface area contributed by atoms with Gasteiger partial charge in [0.2, 0.25) is 11.8 Å². The Morgan fingerprint density at radius 3 is 2.68 bits per heavy atom. The molecule has 2 atom stereocenters. The minimum absolute atomic E-state index is 0.109. The smallest absolute Gasteiger partial charge is 0.226 e. The van der Waals surface area contributed by atoms with Crippen LogP contribution in [0.4, 0.5) is 5.69 Å². The molecule has 2 N–H and O–H groups in total. The molecule has 6 heteroatoms. The summed E-state index contributed by atoms with van der Waals surface area (Å²) in [7, 11) is 0. The number of anilines is 1. The first-order chi connectivity index (χ1) is 13.5. The second-order valence-corrected chi connectivity index (χ2v) is 6.94. The lowest BCUT2D eigenvalue weighted by molar-refractivity contribution is -0.120. The third-order valence-electron chi connectivity index (χ3n) is 4.54. The molecular weight excluding hydrogens is 356 g/mol. The highest BCUT2D eigenvalue weighted by atomic mass is 16.5. The van der Waals surface area contributed by atoms with Gasteiger partial charge < -0.3 is 20.1 Å². The fourth-order valence-electron chi connectivity index (χ4n) is 3.38. The molecule has 0 spiro atoms. The molecule has 1 aliphatic rings. The first-order valence-corrected chi connectivity index (χ1v) is 9.54. The number of amides is 2. The Balaban J connectivity index is 1.78. The molecule has 1 aliphatic heterocycles. The van der Waals surface area contributed by atoms with Gasteiger partial charge in [-0.1, -0.05) is 30.3 Å². The predicted octanol–water partition coefficient (Wildman–Crippen LogP) is 3.61. The minimum atomic E-state index is -0.403. The van der Waals surface area contributed by atoms with E-state index in [1.807, 2.05) is 56.3 Å². The lowest BCUT2D eigenvalue weighted by Gasteiger charge is -2.19. The van der Waals surface area contributed by atoms with Crippen molar-refractivity contribution in [1.82, 2.24) is 5.32 Å². The number of carbonyl (C=O) groups excluding carboxylic acids is 2. The van der Waals surface area contributed by atoms with E-state index in [1.54, 1.807) is 0 Å². The van der Waals surface area contributed by atoms with Gasteiger partial charge in [0.25, 0.3) is 0 Å². The molecule has 3 rings (SSSR count). The van der Waals surface area contributed by atoms with Crippen LogP contribution in [0.3, 0.4) is 0 Å². The van der Waals surface area contributed by atoms with Crippen LogP contribution in [-0.2, 0) is 16.0 Å². The van der Waals surface area contributed by atoms with Gasteiger partial charge >= 0.3 is 0 Å². The van der Waals surface area contributed by atoms with Crippen LogP contribution < -0.4 is 20.1 Å². The van der Waals surface area contributed by atoms with Crippen molar-refractivity contribution >= 4 is 17.5 Å². The number of hydrogen-bond donors (Lipinski definition) is 2. The highest BCUT2D eigenvalue weighted by Gasteiger charge is 2.23. The van der Waals surface area contributed by atoms with Crippen LogP contribution in [0, 0.1) is 0 Å². The molecule has 148 valence electrons. The van der Waals surface area contributed by atoms with Gasteiger partial charge in [-0.2, -0.15) is 0 Å². The normalized spacial score (nSPS) is 15.9. The highest BCUT2D eigenvalue weighted by Crippen LogP contribution is 2.38. The Morgan fingerprint density at radius 1 is 1.25 bits per heavy atom. The largest absolute Gasteiger partial charge is 0.492 e. The van der Waals surface area contributed by atoms with Crippen molar-refractivity contribution in [2.45, 2.75) is 45.8 Å². The van der Waals surface area contributed by atoms with E-state index >= 15 is 0 Å². The van der Waals surface area contributed by atoms with E-state index in [0.29, 0.717) is 18.0 Å². The van der Waals surface area contributed by atoms with Crippen molar-refractivity contribution in [1.29, 1.82) is 0 Å². The predicted molar refractivity (Wildman–Crippen MR) is 108 cm³/mol. The highest BCUT2D eigenvalue weighted by molar-refractivity contribution is 5.93. The van der Waals surface area contributed by atoms with Crippen molar-refractivity contribution < 1.29 is 19.1 Å². The van der Waals surface area contributed by atoms with Crippen molar-refractivity contribution in [3.8, 4) is 11.5 Å². The van der Waals surface area contributed by atoms with Gasteiger partial charge in [-0.3, -0.25) is 9.59 Å². The van der Waals surface area contributed by atoms with Crippen molar-refractivity contribution in [3.63, 3.8) is 0 Å². The topological polar surface area (TPSA) is 76.7 Å². The fourth-order valence-corrected chi connectivity index (χ4v) is 3.38. The van der Waals surface area contributed by atoms with Crippen LogP contribution in [0.25, 0.3) is 0 Å². The summed E-state index contributed by atoms with van der Waals surface area (Å²) in [5, 5.41) is 5.76. The monoisotopic (exact) mass is 382 g/mol. The number of ether oxygens (including phenoxy) is 2. The van der Waals surface area contributed by atoms with E-state index in [-0.39, 0.29) is 24.3 Å². The van der Waals surface area contributed by atoms with E-state index < -0.39 is 6.04 Å². The Kier molecular flexibility index (Phi) is 6.19. The summed E-state index contributed by atoms with van der Waals surface area (Å²) in [4.78, 5) is 24.3. The number of fused-ring (bicyclic) bond motifs is 1. The summed E-state index contributed by atoms with van der Waals surface area (Å²) in [6.45, 7) is 5.85. The van der Waals surface area contributed by atoms with E-state index in [2.05, 4.69) is 10.6 Å². The maximum absolute atomic E-state index is 12.7. The van der Waals surface area contributed by atoms with Crippen molar-refractivity contribution in [2.75, 3.05) is 11.9 Å². The molecule has 6 nitrogen and oxygen atoms in total. The maximum Gasteiger partial charge on any atom is 0.226 e. The lowest BCUT2D eigenvalue weighted by Crippen LogP contribution is -2.29. The summed E-state index contributed by atoms with van der Waals surface area (Å²) in [5.41, 5.74) is 2.53. The Hall–Kier alpha value is -3.02. The van der Waals surface area contributed by atoms with E-state index in [4.69, 9.17) is 9.47 Å². The Labute approximate surface area is 165 Å². The number of benzene rings is 2. The average molecular weight is 382 g/mol. The number of hydrogen-bond acceptors (Lipinski definition) is 4. The van der Waals surface area contributed by atoms with Gasteiger partial charge in [0, 0.05) is 25.0 Å². The fraction of sp³-hybridized carbons (Fsp3) is 0.364. The quantitative estimate of drug-likeness (QED) is 0.767. The minimum Gasteiger partial charge on any atom is -0.492 e. The van der Waals surface area contributed by atoms with E-state index in [9.17, 15) is 9.59 Å². The third-order valence-corrected chi connectivity index (χ3v) is 4.54. The Bertz CT molecular complexity index is 851. The van der Waals surface area contributed by atoms with Gasteiger partial charge in [0.1, 0.15) is 17.6 Å². The van der Waals surface area contributed by atoms with Crippen LogP contribution in [-0.4, -0.2) is 24.5 Å². The third kappa shape index (κ3) is 4.82. The lowest BCUT2D eigenvalue weighted by atomic mass is 10.0. The first kappa shape index (κ1) is 19.7. The maximum atomic E-state index is 12.7. The Morgan fingerprint density at radius 2 is 2.00 bits per heavy atom. The zero-order chi connectivity index (χ0) is 20.1. The van der Waals surface area contributed by atoms with E-state index in [1.165, 1.54) is 6.92 Å². The first-order valence-electron chi connectivity index (χ1n) is 9.54. The molecule has 1 heterocycles. The summed E-state index contributed by atoms with van der Waals surface area (Å²) in [6, 6.07) is 12.8. The summed E-state index contributed by atoms with van der Waals surface area (Å²) < 4.78 is 11.5. The number of rotatable bonds is 7. The van der Waals surface area contributed by atoms with Gasteiger partial charge in [-0.05, 0) is 25.5 Å². The summed E-state index contributed by atoms with van der Waals surface area (Å²) in [5.74, 6) is 1.00. The molecule has 0 radical (unpaired) electrons. The summed E-state index contributed by atoms with van der Waals surface area (Å²) in [6.07, 6.45) is 1.05. The van der Waals surface area contributed by atoms with Gasteiger partial charge in [-0.25, -0.2) is 0 Å². The molecule has 0 aromatic heterocycles. The number of carbonyl (C=O) groups is 2. The average Bonchev–Trinajstić information content (AvgIpc) is 3.01. The molecule has 2 amide bonds. The molecule has 0 aliphatic carbocycles. The van der Waals surface area contributed by atoms with Crippen LogP contribution >= 0.6 is 0 Å². The summed E-state index contributed by atoms with van der Waals surface area (Å²) >= 11 is 0. The van der Waals surface area contributed by atoms with Gasteiger partial charge in [0.15, 0.2) is 0 Å². The molecule has 0 bridgehead atoms. The molecule has 0 saturated heterocycles. The zero-order valence-electron chi connectivity index (χ0n) is 16.5. The van der Waals surface area contributed by atoms with Crippen LogP contribution in [0.5, 0.6) is 11.5 Å². The van der Waals surface area contributed by atoms with Crippen LogP contribution in [0.1, 0.15) is 44.4 Å². The zero-order valence-corrected chi connectivity index (χ0v) is 16.5. The molecule has 2 aromatic carbocycles. The van der Waals surface area contributed by atoms with Gasteiger partial charge in [0.05, 0.1) is 24.8 Å². The second-order valence-electron chi connectivity index (χ2n) is 6.94. The molecule has 0 fully saturated rings. The molecule has 28 heavy (non-hydrogen) atoms. The van der Waals surface area contributed by atoms with E-state index in [0.717, 1.165) is 23.3 Å². The van der Waals surface area contributed by atoms with Crippen molar-refractivity contribution in [2.24, 2.45) is 0 Å². The van der Waals surface area contributed by atoms with Crippen LogP contribution in [0.15, 0.2) is 42.5 Å². The number of nitrogens with one attached hydrogen (secondary N) is 2. The SMILES string of the molecule is CCOc1cc2c(cc1NC(=O)CC(NC(C)=O)c1ccccc1)OC(C)C2. The molecular formula is C22H26N2O4. The molecule has 2 unspecified atom stereocenters. The molecule has 0 saturated carbocycles. The van der Waals surface area contributed by atoms with Crippen molar-refractivity contribution in [3.05, 3.63) is 53.6 Å². The second kappa shape index (κ2) is 8.78.